The van der Waals surface area contributed by atoms with E-state index in [4.69, 9.17) is 9.26 Å². The maximum atomic E-state index is 12.8. The first-order chi connectivity index (χ1) is 10.4. The Morgan fingerprint density at radius 2 is 1.91 bits per heavy atom. The number of aryl methyl sites for hydroxylation is 2. The van der Waals surface area contributed by atoms with Crippen LogP contribution in [0.1, 0.15) is 16.1 Å². The van der Waals surface area contributed by atoms with Crippen LogP contribution in [-0.2, 0) is 14.8 Å². The van der Waals surface area contributed by atoms with Crippen molar-refractivity contribution in [2.45, 2.75) is 25.7 Å². The maximum Gasteiger partial charge on any atom is 0.244 e. The third-order valence-electron chi connectivity index (χ3n) is 3.84. The lowest BCUT2D eigenvalue weighted by Crippen LogP contribution is -2.40. The first kappa shape index (κ1) is 15.7. The van der Waals surface area contributed by atoms with Gasteiger partial charge in [-0.3, -0.25) is 0 Å². The van der Waals surface area contributed by atoms with Gasteiger partial charge in [0.05, 0.1) is 28.7 Å². The van der Waals surface area contributed by atoms with Gasteiger partial charge in [-0.15, -0.1) is 11.3 Å². The van der Waals surface area contributed by atoms with E-state index in [1.165, 1.54) is 15.6 Å². The van der Waals surface area contributed by atoms with Crippen molar-refractivity contribution >= 4 is 21.4 Å². The number of hydrogen-bond acceptors (Lipinski definition) is 6. The molecule has 22 heavy (non-hydrogen) atoms. The molecule has 0 aromatic carbocycles. The number of ether oxygens (including phenoxy) is 1. The molecule has 1 aliphatic heterocycles. The van der Waals surface area contributed by atoms with E-state index in [9.17, 15) is 8.42 Å². The summed E-state index contributed by atoms with van der Waals surface area (Å²) in [7, 11) is -3.48. The van der Waals surface area contributed by atoms with Crippen LogP contribution in [0, 0.1) is 20.8 Å². The smallest absolute Gasteiger partial charge is 0.244 e. The molecule has 1 fully saturated rings. The standard InChI is InChI=1S/C14H18N2O4S2/c1-9-10(2)15-20-14(9)12-8-13(11(3)21-12)22(17,18)16-4-6-19-7-5-16/h8H,4-7H2,1-3H3. The molecule has 0 atom stereocenters. The third kappa shape index (κ3) is 2.60. The highest BCUT2D eigenvalue weighted by atomic mass is 32.2. The minimum absolute atomic E-state index is 0.350. The first-order valence-electron chi connectivity index (χ1n) is 7.03. The van der Waals surface area contributed by atoms with Gasteiger partial charge in [-0.2, -0.15) is 4.31 Å². The minimum Gasteiger partial charge on any atom is -0.379 e. The van der Waals surface area contributed by atoms with Crippen LogP contribution >= 0.6 is 11.3 Å². The molecule has 1 aliphatic rings. The van der Waals surface area contributed by atoms with E-state index in [1.54, 1.807) is 6.07 Å². The van der Waals surface area contributed by atoms with Gasteiger partial charge in [-0.25, -0.2) is 8.42 Å². The zero-order chi connectivity index (χ0) is 15.9. The number of thiophene rings is 1. The number of hydrogen-bond donors (Lipinski definition) is 0. The van der Waals surface area contributed by atoms with E-state index in [0.717, 1.165) is 21.0 Å². The summed E-state index contributed by atoms with van der Waals surface area (Å²) in [6.07, 6.45) is 0. The van der Waals surface area contributed by atoms with Crippen LogP contribution in [0.3, 0.4) is 0 Å². The Labute approximate surface area is 133 Å². The Morgan fingerprint density at radius 1 is 1.23 bits per heavy atom. The predicted molar refractivity (Wildman–Crippen MR) is 83.6 cm³/mol. The van der Waals surface area contributed by atoms with Gasteiger partial charge in [0.25, 0.3) is 0 Å². The Bertz CT molecular complexity index is 786. The quantitative estimate of drug-likeness (QED) is 0.856. The molecule has 3 rings (SSSR count). The maximum absolute atomic E-state index is 12.8. The molecule has 1 saturated heterocycles. The van der Waals surface area contributed by atoms with Crippen LogP contribution in [0.5, 0.6) is 0 Å². The van der Waals surface area contributed by atoms with Crippen molar-refractivity contribution in [2.75, 3.05) is 26.3 Å². The van der Waals surface area contributed by atoms with E-state index in [-0.39, 0.29) is 0 Å². The van der Waals surface area contributed by atoms with Gasteiger partial charge in [-0.05, 0) is 26.8 Å². The van der Waals surface area contributed by atoms with Crippen molar-refractivity contribution in [3.8, 4) is 10.6 Å². The molecule has 0 saturated carbocycles. The Hall–Kier alpha value is -1.22. The number of sulfonamides is 1. The molecule has 0 N–H and O–H groups in total. The number of nitrogens with zero attached hydrogens (tertiary/aromatic N) is 2. The van der Waals surface area contributed by atoms with Crippen molar-refractivity contribution in [3.63, 3.8) is 0 Å². The Kier molecular flexibility index (Phi) is 4.11. The predicted octanol–water partition coefficient (Wildman–Crippen LogP) is 2.35. The largest absolute Gasteiger partial charge is 0.379 e. The van der Waals surface area contributed by atoms with Gasteiger partial charge < -0.3 is 9.26 Å². The Morgan fingerprint density at radius 3 is 2.50 bits per heavy atom. The topological polar surface area (TPSA) is 72.6 Å². The zero-order valence-electron chi connectivity index (χ0n) is 12.7. The minimum atomic E-state index is -3.48. The molecule has 8 heteroatoms. The summed E-state index contributed by atoms with van der Waals surface area (Å²) < 4.78 is 37.6. The van der Waals surface area contributed by atoms with E-state index in [0.29, 0.717) is 37.0 Å². The third-order valence-corrected chi connectivity index (χ3v) is 7.04. The summed E-state index contributed by atoms with van der Waals surface area (Å²) in [5.41, 5.74) is 1.76. The zero-order valence-corrected chi connectivity index (χ0v) is 14.4. The second kappa shape index (κ2) is 5.77. The second-order valence-electron chi connectivity index (χ2n) is 5.27. The van der Waals surface area contributed by atoms with Crippen molar-refractivity contribution in [2.24, 2.45) is 0 Å². The molecular formula is C14H18N2O4S2. The van der Waals surface area contributed by atoms with E-state index in [1.807, 2.05) is 20.8 Å². The molecule has 2 aromatic heterocycles. The van der Waals surface area contributed by atoms with Gasteiger partial charge in [0.1, 0.15) is 0 Å². The van der Waals surface area contributed by atoms with Crippen LogP contribution in [0.15, 0.2) is 15.5 Å². The fourth-order valence-electron chi connectivity index (χ4n) is 2.40. The normalized spacial score (nSPS) is 17.0. The average Bonchev–Trinajstić information content (AvgIpc) is 3.04. The monoisotopic (exact) mass is 342 g/mol. The molecule has 6 nitrogen and oxygen atoms in total. The lowest BCUT2D eigenvalue weighted by molar-refractivity contribution is 0.0730. The van der Waals surface area contributed by atoms with Crippen LogP contribution in [0.2, 0.25) is 0 Å². The number of morpholine rings is 1. The van der Waals surface area contributed by atoms with Crippen molar-refractivity contribution in [1.82, 2.24) is 9.46 Å². The second-order valence-corrected chi connectivity index (χ2v) is 8.43. The van der Waals surface area contributed by atoms with Gasteiger partial charge in [0.2, 0.25) is 10.0 Å². The molecule has 3 heterocycles. The van der Waals surface area contributed by atoms with Crippen LogP contribution in [-0.4, -0.2) is 44.2 Å². The van der Waals surface area contributed by atoms with Gasteiger partial charge >= 0.3 is 0 Å². The van der Waals surface area contributed by atoms with Gasteiger partial charge in [-0.1, -0.05) is 5.16 Å². The van der Waals surface area contributed by atoms with E-state index < -0.39 is 10.0 Å². The highest BCUT2D eigenvalue weighted by molar-refractivity contribution is 7.89. The fourth-order valence-corrected chi connectivity index (χ4v) is 5.41. The Balaban J connectivity index is 2.00. The number of rotatable bonds is 3. The van der Waals surface area contributed by atoms with E-state index >= 15 is 0 Å². The summed E-state index contributed by atoms with van der Waals surface area (Å²) >= 11 is 1.41. The molecule has 0 amide bonds. The average molecular weight is 342 g/mol. The number of aromatic nitrogens is 1. The summed E-state index contributed by atoms with van der Waals surface area (Å²) in [6, 6.07) is 1.69. The summed E-state index contributed by atoms with van der Waals surface area (Å²) in [6.45, 7) is 7.28. The fraction of sp³-hybridized carbons (Fsp3) is 0.500. The first-order valence-corrected chi connectivity index (χ1v) is 9.28. The van der Waals surface area contributed by atoms with Crippen LogP contribution in [0.4, 0.5) is 0 Å². The van der Waals surface area contributed by atoms with Crippen molar-refractivity contribution in [1.29, 1.82) is 0 Å². The highest BCUT2D eigenvalue weighted by Crippen LogP contribution is 2.37. The highest BCUT2D eigenvalue weighted by Gasteiger charge is 2.30. The van der Waals surface area contributed by atoms with Crippen LogP contribution in [0.25, 0.3) is 10.6 Å². The molecule has 0 bridgehead atoms. The van der Waals surface area contributed by atoms with Crippen molar-refractivity contribution in [3.05, 3.63) is 22.2 Å². The molecular weight excluding hydrogens is 324 g/mol. The lowest BCUT2D eigenvalue weighted by atomic mass is 10.2. The van der Waals surface area contributed by atoms with E-state index in [2.05, 4.69) is 5.16 Å². The molecule has 120 valence electrons. The molecule has 0 spiro atoms. The van der Waals surface area contributed by atoms with Gasteiger partial charge in [0.15, 0.2) is 5.76 Å². The summed E-state index contributed by atoms with van der Waals surface area (Å²) in [5.74, 6) is 0.647. The van der Waals surface area contributed by atoms with Crippen LogP contribution < -0.4 is 0 Å². The van der Waals surface area contributed by atoms with Crippen molar-refractivity contribution < 1.29 is 17.7 Å². The summed E-state index contributed by atoms with van der Waals surface area (Å²) in [5, 5.41) is 3.94. The molecule has 2 aromatic rings. The molecule has 0 radical (unpaired) electrons. The lowest BCUT2D eigenvalue weighted by Gasteiger charge is -2.25. The molecule has 0 aliphatic carbocycles. The van der Waals surface area contributed by atoms with Gasteiger partial charge in [0, 0.05) is 23.5 Å². The summed E-state index contributed by atoms with van der Waals surface area (Å²) in [4.78, 5) is 1.90. The molecule has 0 unspecified atom stereocenters. The SMILES string of the molecule is Cc1noc(-c2cc(S(=O)(=O)N3CCOCC3)c(C)s2)c1C.